The first kappa shape index (κ1) is 13.5. The van der Waals surface area contributed by atoms with E-state index >= 15 is 0 Å². The number of thiazole rings is 1. The van der Waals surface area contributed by atoms with E-state index in [2.05, 4.69) is 20.5 Å². The van der Waals surface area contributed by atoms with Crippen molar-refractivity contribution >= 4 is 17.2 Å². The number of hydrogen-bond acceptors (Lipinski definition) is 5. The first-order chi connectivity index (χ1) is 8.74. The van der Waals surface area contributed by atoms with Crippen LogP contribution in [0.15, 0.2) is 6.20 Å². The smallest absolute Gasteiger partial charge is 0.234 e. The summed E-state index contributed by atoms with van der Waals surface area (Å²) in [5, 5.41) is 7.32. The fourth-order valence-corrected chi connectivity index (χ4v) is 2.73. The molecule has 1 aromatic rings. The quantitative estimate of drug-likeness (QED) is 0.828. The van der Waals surface area contributed by atoms with Gasteiger partial charge in [0.1, 0.15) is 0 Å². The van der Waals surface area contributed by atoms with Crippen LogP contribution < -0.4 is 10.6 Å². The second-order valence-corrected chi connectivity index (χ2v) is 5.82. The predicted octanol–water partition coefficient (Wildman–Crippen LogP) is 0.363. The maximum Gasteiger partial charge on any atom is 0.234 e. The highest BCUT2D eigenvalue weighted by atomic mass is 32.1. The van der Waals surface area contributed by atoms with Crippen LogP contribution in [-0.4, -0.2) is 48.5 Å². The number of aromatic nitrogens is 1. The zero-order chi connectivity index (χ0) is 12.8. The number of nitrogens with zero attached hydrogens (tertiary/aromatic N) is 2. The number of amides is 1. The monoisotopic (exact) mass is 268 g/mol. The molecule has 0 radical (unpaired) electrons. The Morgan fingerprint density at radius 3 is 3.22 bits per heavy atom. The molecule has 0 saturated carbocycles. The minimum absolute atomic E-state index is 0.1000. The Balaban J connectivity index is 1.71. The Kier molecular flexibility index (Phi) is 5.10. The van der Waals surface area contributed by atoms with Gasteiger partial charge in [0, 0.05) is 24.2 Å². The molecule has 2 rings (SSSR count). The van der Waals surface area contributed by atoms with E-state index in [1.54, 1.807) is 11.3 Å². The first-order valence-electron chi connectivity index (χ1n) is 6.35. The zero-order valence-electron chi connectivity index (χ0n) is 10.7. The van der Waals surface area contributed by atoms with Gasteiger partial charge in [-0.25, -0.2) is 4.98 Å². The highest BCUT2D eigenvalue weighted by molar-refractivity contribution is 7.11. The predicted molar refractivity (Wildman–Crippen MR) is 72.6 cm³/mol. The Morgan fingerprint density at radius 2 is 2.44 bits per heavy atom. The molecular formula is C12H20N4OS. The van der Waals surface area contributed by atoms with Gasteiger partial charge in [-0.15, -0.1) is 11.3 Å². The van der Waals surface area contributed by atoms with Crippen molar-refractivity contribution in [3.8, 4) is 0 Å². The van der Waals surface area contributed by atoms with E-state index in [9.17, 15) is 4.79 Å². The van der Waals surface area contributed by atoms with Gasteiger partial charge in [0.2, 0.25) is 5.91 Å². The van der Waals surface area contributed by atoms with Gasteiger partial charge >= 0.3 is 0 Å². The average Bonchev–Trinajstić information content (AvgIpc) is 2.60. The molecule has 1 aliphatic heterocycles. The molecule has 2 heterocycles. The van der Waals surface area contributed by atoms with Crippen molar-refractivity contribution in [2.45, 2.75) is 19.9 Å². The molecule has 1 fully saturated rings. The van der Waals surface area contributed by atoms with E-state index in [0.717, 1.165) is 42.5 Å². The summed E-state index contributed by atoms with van der Waals surface area (Å²) < 4.78 is 0. The van der Waals surface area contributed by atoms with Crippen LogP contribution in [0.1, 0.15) is 16.3 Å². The second-order valence-electron chi connectivity index (χ2n) is 4.50. The van der Waals surface area contributed by atoms with Gasteiger partial charge in [0.15, 0.2) is 0 Å². The van der Waals surface area contributed by atoms with Gasteiger partial charge in [0.05, 0.1) is 18.1 Å². The largest absolute Gasteiger partial charge is 0.350 e. The molecule has 1 aliphatic rings. The van der Waals surface area contributed by atoms with Crippen LogP contribution in [-0.2, 0) is 11.3 Å². The van der Waals surface area contributed by atoms with E-state index in [4.69, 9.17) is 0 Å². The molecule has 0 spiro atoms. The summed E-state index contributed by atoms with van der Waals surface area (Å²) in [6.45, 7) is 7.04. The summed E-state index contributed by atoms with van der Waals surface area (Å²) >= 11 is 1.63. The van der Waals surface area contributed by atoms with Crippen molar-refractivity contribution in [3.05, 3.63) is 16.1 Å². The third-order valence-corrected chi connectivity index (χ3v) is 3.84. The standard InChI is InChI=1S/C12H20N4OS/c1-10-14-7-11(18-10)8-15-12(17)9-16-5-2-3-13-4-6-16/h7,13H,2-6,8-9H2,1H3,(H,15,17). The maximum atomic E-state index is 11.8. The van der Waals surface area contributed by atoms with Crippen molar-refractivity contribution in [3.63, 3.8) is 0 Å². The van der Waals surface area contributed by atoms with Crippen LogP contribution in [0.5, 0.6) is 0 Å². The van der Waals surface area contributed by atoms with Crippen LogP contribution in [0.25, 0.3) is 0 Å². The lowest BCUT2D eigenvalue weighted by molar-refractivity contribution is -0.122. The summed E-state index contributed by atoms with van der Waals surface area (Å²) in [7, 11) is 0. The van der Waals surface area contributed by atoms with Gasteiger partial charge in [-0.1, -0.05) is 0 Å². The van der Waals surface area contributed by atoms with Gasteiger partial charge in [-0.05, 0) is 26.4 Å². The molecule has 5 nitrogen and oxygen atoms in total. The Morgan fingerprint density at radius 1 is 1.56 bits per heavy atom. The molecule has 18 heavy (non-hydrogen) atoms. The highest BCUT2D eigenvalue weighted by Gasteiger charge is 2.12. The van der Waals surface area contributed by atoms with E-state index in [0.29, 0.717) is 13.1 Å². The van der Waals surface area contributed by atoms with Crippen molar-refractivity contribution < 1.29 is 4.79 Å². The molecule has 2 N–H and O–H groups in total. The highest BCUT2D eigenvalue weighted by Crippen LogP contribution is 2.10. The lowest BCUT2D eigenvalue weighted by Crippen LogP contribution is -2.38. The number of aryl methyl sites for hydroxylation is 1. The van der Waals surface area contributed by atoms with Crippen molar-refractivity contribution in [1.82, 2.24) is 20.5 Å². The topological polar surface area (TPSA) is 57.3 Å². The summed E-state index contributed by atoms with van der Waals surface area (Å²) in [5.41, 5.74) is 0. The molecule has 1 amide bonds. The summed E-state index contributed by atoms with van der Waals surface area (Å²) in [5.74, 6) is 0.1000. The number of carbonyl (C=O) groups is 1. The van der Waals surface area contributed by atoms with E-state index < -0.39 is 0 Å². The fraction of sp³-hybridized carbons (Fsp3) is 0.667. The van der Waals surface area contributed by atoms with Gasteiger partial charge in [0.25, 0.3) is 0 Å². The van der Waals surface area contributed by atoms with E-state index in [1.165, 1.54) is 0 Å². The third-order valence-electron chi connectivity index (χ3n) is 2.93. The molecular weight excluding hydrogens is 248 g/mol. The minimum atomic E-state index is 0.1000. The molecule has 0 bridgehead atoms. The first-order valence-corrected chi connectivity index (χ1v) is 7.17. The molecule has 0 unspecified atom stereocenters. The molecule has 0 aliphatic carbocycles. The SMILES string of the molecule is Cc1ncc(CNC(=O)CN2CCCNCC2)s1. The molecule has 0 atom stereocenters. The molecule has 1 saturated heterocycles. The summed E-state index contributed by atoms with van der Waals surface area (Å²) in [6, 6.07) is 0. The Bertz CT molecular complexity index is 385. The molecule has 0 aromatic carbocycles. The van der Waals surface area contributed by atoms with Crippen molar-refractivity contribution in [1.29, 1.82) is 0 Å². The van der Waals surface area contributed by atoms with Gasteiger partial charge in [-0.3, -0.25) is 9.69 Å². The molecule has 100 valence electrons. The lowest BCUT2D eigenvalue weighted by Gasteiger charge is -2.18. The average molecular weight is 268 g/mol. The Hall–Kier alpha value is -0.980. The van der Waals surface area contributed by atoms with Crippen LogP contribution in [0, 0.1) is 6.92 Å². The lowest BCUT2D eigenvalue weighted by atomic mass is 10.4. The van der Waals surface area contributed by atoms with Crippen molar-refractivity contribution in [2.75, 3.05) is 32.7 Å². The van der Waals surface area contributed by atoms with Gasteiger partial charge < -0.3 is 10.6 Å². The number of nitrogens with one attached hydrogen (secondary N) is 2. The molecule has 6 heteroatoms. The van der Waals surface area contributed by atoms with E-state index in [1.807, 2.05) is 13.1 Å². The number of rotatable bonds is 4. The number of carbonyl (C=O) groups excluding carboxylic acids is 1. The minimum Gasteiger partial charge on any atom is -0.350 e. The summed E-state index contributed by atoms with van der Waals surface area (Å²) in [6.07, 6.45) is 2.94. The molecule has 1 aromatic heterocycles. The third kappa shape index (κ3) is 4.36. The van der Waals surface area contributed by atoms with Crippen LogP contribution in [0.4, 0.5) is 0 Å². The van der Waals surface area contributed by atoms with Crippen LogP contribution >= 0.6 is 11.3 Å². The fourth-order valence-electron chi connectivity index (χ4n) is 1.99. The van der Waals surface area contributed by atoms with Crippen LogP contribution in [0.3, 0.4) is 0 Å². The number of hydrogen-bond donors (Lipinski definition) is 2. The van der Waals surface area contributed by atoms with Crippen LogP contribution in [0.2, 0.25) is 0 Å². The normalized spacial score (nSPS) is 17.4. The zero-order valence-corrected chi connectivity index (χ0v) is 11.6. The summed E-state index contributed by atoms with van der Waals surface area (Å²) in [4.78, 5) is 19.3. The van der Waals surface area contributed by atoms with Crippen molar-refractivity contribution in [2.24, 2.45) is 0 Å². The maximum absolute atomic E-state index is 11.8. The van der Waals surface area contributed by atoms with E-state index in [-0.39, 0.29) is 5.91 Å². The second kappa shape index (κ2) is 6.82. The van der Waals surface area contributed by atoms with Gasteiger partial charge in [-0.2, -0.15) is 0 Å². The Labute approximate surface area is 112 Å².